The summed E-state index contributed by atoms with van der Waals surface area (Å²) in [6.45, 7) is 6.47. The minimum absolute atomic E-state index is 0.0501. The molecule has 1 aromatic carbocycles. The van der Waals surface area contributed by atoms with Crippen LogP contribution in [0.25, 0.3) is 0 Å². The van der Waals surface area contributed by atoms with Gasteiger partial charge in [0.1, 0.15) is 24.0 Å². The van der Waals surface area contributed by atoms with E-state index < -0.39 is 59.5 Å². The number of aliphatic imine (C=N–C) groups is 1. The van der Waals surface area contributed by atoms with E-state index in [0.717, 1.165) is 0 Å². The van der Waals surface area contributed by atoms with Crippen molar-refractivity contribution in [1.29, 1.82) is 0 Å². The zero-order valence-electron chi connectivity index (χ0n) is 22.7. The number of aliphatic hydroxyl groups is 1. The lowest BCUT2D eigenvalue weighted by molar-refractivity contribution is -0.386. The number of nitro groups is 1. The van der Waals surface area contributed by atoms with E-state index in [2.05, 4.69) is 24.7 Å². The lowest BCUT2D eigenvalue weighted by Gasteiger charge is -2.31. The molecule has 6 atom stereocenters. The van der Waals surface area contributed by atoms with Crippen molar-refractivity contribution in [2.24, 2.45) is 16.6 Å². The van der Waals surface area contributed by atoms with Crippen LogP contribution in [-0.4, -0.2) is 72.0 Å². The molecule has 1 fully saturated rings. The number of rotatable bonds is 14. The van der Waals surface area contributed by atoms with Gasteiger partial charge in [-0.25, -0.2) is 18.7 Å². The van der Waals surface area contributed by atoms with Gasteiger partial charge < -0.3 is 44.8 Å². The monoisotopic (exact) mass is 672 g/mol. The molecule has 2 aliphatic rings. The number of ether oxygens (including phenoxy) is 2. The fraction of sp³-hybridized carbons (Fsp3) is 0.476. The number of para-hydroxylation sites is 1. The van der Waals surface area contributed by atoms with Crippen LogP contribution in [0.5, 0.6) is 0 Å². The van der Waals surface area contributed by atoms with E-state index >= 15 is 0 Å². The highest BCUT2D eigenvalue weighted by Crippen LogP contribution is 2.66. The number of benzene rings is 1. The highest BCUT2D eigenvalue weighted by molar-refractivity contribution is 7.66. The summed E-state index contributed by atoms with van der Waals surface area (Å²) in [5.41, 5.74) is 6.69. The molecule has 22 heteroatoms. The molecule has 3 rings (SSSR count). The summed E-state index contributed by atoms with van der Waals surface area (Å²) in [6.07, 6.45) is -2.84. The number of phosphoric acid groups is 3. The van der Waals surface area contributed by atoms with Crippen molar-refractivity contribution in [3.05, 3.63) is 64.1 Å². The minimum Gasteiger partial charge on any atom is -0.390 e. The zero-order chi connectivity index (χ0) is 32.3. The Bertz CT molecular complexity index is 1430. The van der Waals surface area contributed by atoms with Gasteiger partial charge >= 0.3 is 23.5 Å². The number of phosphoric ester groups is 1. The van der Waals surface area contributed by atoms with Crippen LogP contribution in [0, 0.1) is 16.0 Å². The molecule has 0 radical (unpaired) electrons. The van der Waals surface area contributed by atoms with Crippen molar-refractivity contribution >= 4 is 35.0 Å². The molecule has 0 bridgehead atoms. The molecule has 2 aliphatic heterocycles. The van der Waals surface area contributed by atoms with E-state index in [1.807, 2.05) is 13.8 Å². The molecule has 7 N–H and O–H groups in total. The summed E-state index contributed by atoms with van der Waals surface area (Å²) in [5.74, 6) is -0.0154. The molecular weight excluding hydrogens is 641 g/mol. The van der Waals surface area contributed by atoms with Gasteiger partial charge in [0, 0.05) is 24.3 Å². The van der Waals surface area contributed by atoms with Gasteiger partial charge in [-0.15, -0.1) is 0 Å². The van der Waals surface area contributed by atoms with Crippen molar-refractivity contribution < 1.29 is 65.9 Å². The van der Waals surface area contributed by atoms with Crippen LogP contribution >= 0.6 is 23.5 Å². The van der Waals surface area contributed by atoms with Gasteiger partial charge in [0.05, 0.1) is 35.9 Å². The van der Waals surface area contributed by atoms with E-state index in [4.69, 9.17) is 25.0 Å². The predicted octanol–water partition coefficient (Wildman–Crippen LogP) is 2.16. The molecule has 0 aromatic heterocycles. The molecule has 1 aromatic rings. The Labute approximate surface area is 244 Å². The summed E-state index contributed by atoms with van der Waals surface area (Å²) in [4.78, 5) is 52.8. The van der Waals surface area contributed by atoms with Crippen LogP contribution in [0.3, 0.4) is 0 Å². The lowest BCUT2D eigenvalue weighted by Crippen LogP contribution is -2.36. The van der Waals surface area contributed by atoms with Crippen LogP contribution < -0.4 is 5.73 Å². The standard InChI is InChI=1S/C21H31N4O15P3/c1-12(2)20(15-6-4-5-7-16(15)25(27)28)36-10-14-9-24(13(3)23-21(14)22)19-8-17(26)18(38-19)11-37-42(32,33)40-43(34,35)39-41(29,30)31/h4-7,9,12,17-20,26H,3,8,10-11H2,1-2H3,(H2,22,23)(H,32,33)(H,34,35)(H2,29,30,31)/t17-,18-,19-,20+/m1/s1. The average Bonchev–Trinajstić information content (AvgIpc) is 3.22. The second-order valence-corrected chi connectivity index (χ2v) is 14.0. The summed E-state index contributed by atoms with van der Waals surface area (Å²) in [6, 6.07) is 6.17. The third kappa shape index (κ3) is 9.83. The number of nitrogens with two attached hydrogens (primary N) is 1. The molecule has 1 saturated heterocycles. The summed E-state index contributed by atoms with van der Waals surface area (Å²) in [5, 5.41) is 22.0. The van der Waals surface area contributed by atoms with E-state index in [1.165, 1.54) is 17.2 Å². The molecule has 0 amide bonds. The predicted molar refractivity (Wildman–Crippen MR) is 146 cm³/mol. The normalized spacial score (nSPS) is 24.7. The largest absolute Gasteiger partial charge is 0.490 e. The quantitative estimate of drug-likeness (QED) is 0.0937. The number of aliphatic hydroxyl groups excluding tert-OH is 1. The number of nitro benzene ring substituents is 1. The van der Waals surface area contributed by atoms with Gasteiger partial charge in [-0.1, -0.05) is 32.6 Å². The minimum atomic E-state index is -5.72. The molecule has 2 heterocycles. The van der Waals surface area contributed by atoms with Gasteiger partial charge in [0.25, 0.3) is 5.69 Å². The second-order valence-electron chi connectivity index (χ2n) is 9.59. The molecule has 0 spiro atoms. The van der Waals surface area contributed by atoms with Gasteiger partial charge in [-0.05, 0) is 12.0 Å². The molecular formula is C21H31N4O15P3. The highest BCUT2D eigenvalue weighted by Gasteiger charge is 2.43. The summed E-state index contributed by atoms with van der Waals surface area (Å²) < 4.78 is 57.9. The topological polar surface area (TPSA) is 283 Å². The molecule has 240 valence electrons. The van der Waals surface area contributed by atoms with Gasteiger partial charge in [-0.3, -0.25) is 14.6 Å². The third-order valence-corrected chi connectivity index (χ3v) is 9.77. The van der Waals surface area contributed by atoms with Crippen LogP contribution in [0.15, 0.2) is 53.4 Å². The molecule has 0 aliphatic carbocycles. The maximum absolute atomic E-state index is 12.0. The Kier molecular flexibility index (Phi) is 11.2. The fourth-order valence-corrected chi connectivity index (χ4v) is 7.19. The molecule has 0 saturated carbocycles. The number of amidine groups is 1. The van der Waals surface area contributed by atoms with Crippen LogP contribution in [0.4, 0.5) is 5.69 Å². The Balaban J connectivity index is 1.68. The molecule has 2 unspecified atom stereocenters. The third-order valence-electron chi connectivity index (χ3n) is 5.97. The smallest absolute Gasteiger partial charge is 0.390 e. The van der Waals surface area contributed by atoms with E-state index in [1.54, 1.807) is 18.2 Å². The van der Waals surface area contributed by atoms with E-state index in [0.29, 0.717) is 11.1 Å². The Morgan fingerprint density at radius 2 is 1.84 bits per heavy atom. The Morgan fingerprint density at radius 1 is 1.19 bits per heavy atom. The second kappa shape index (κ2) is 13.7. The van der Waals surface area contributed by atoms with E-state index in [-0.39, 0.29) is 36.3 Å². The van der Waals surface area contributed by atoms with E-state index in [9.17, 15) is 38.7 Å². The van der Waals surface area contributed by atoms with Crippen LogP contribution in [0.1, 0.15) is 31.9 Å². The van der Waals surface area contributed by atoms with Crippen molar-refractivity contribution in [2.75, 3.05) is 13.2 Å². The SMILES string of the molecule is C=C1N=C(N)C(CO[C@H](c2ccccc2[N+](=O)[O-])C(C)C)=CN1[C@H]1C[C@@H](O)[C@@H](COP(=O)(O)OP(=O)(O)OP(=O)(O)O)O1. The lowest BCUT2D eigenvalue weighted by atomic mass is 9.97. The molecule has 19 nitrogen and oxygen atoms in total. The van der Waals surface area contributed by atoms with Crippen molar-refractivity contribution in [2.45, 2.75) is 44.8 Å². The van der Waals surface area contributed by atoms with Gasteiger partial charge in [0.15, 0.2) is 0 Å². The number of hydrogen-bond donors (Lipinski definition) is 6. The first-order valence-corrected chi connectivity index (χ1v) is 16.8. The number of hydrogen-bond acceptors (Lipinski definition) is 14. The Morgan fingerprint density at radius 3 is 2.44 bits per heavy atom. The summed E-state index contributed by atoms with van der Waals surface area (Å²) >= 11 is 0. The van der Waals surface area contributed by atoms with Gasteiger partial charge in [-0.2, -0.15) is 8.62 Å². The Hall–Kier alpha value is -2.34. The summed E-state index contributed by atoms with van der Waals surface area (Å²) in [7, 11) is -16.7. The van der Waals surface area contributed by atoms with Gasteiger partial charge in [0.2, 0.25) is 0 Å². The first kappa shape index (κ1) is 35.1. The van der Waals surface area contributed by atoms with Crippen molar-refractivity contribution in [3.8, 4) is 0 Å². The van der Waals surface area contributed by atoms with Crippen molar-refractivity contribution in [3.63, 3.8) is 0 Å². The van der Waals surface area contributed by atoms with Crippen LogP contribution in [0.2, 0.25) is 0 Å². The number of nitrogens with zero attached hydrogens (tertiary/aromatic N) is 3. The first-order chi connectivity index (χ1) is 19.8. The highest BCUT2D eigenvalue weighted by atomic mass is 31.3. The van der Waals surface area contributed by atoms with Crippen LogP contribution in [-0.2, 0) is 36.3 Å². The average molecular weight is 672 g/mol. The first-order valence-electron chi connectivity index (χ1n) is 12.3. The van der Waals surface area contributed by atoms with Crippen molar-refractivity contribution in [1.82, 2.24) is 4.90 Å². The maximum Gasteiger partial charge on any atom is 0.490 e. The zero-order valence-corrected chi connectivity index (χ0v) is 25.4. The fourth-order valence-electron chi connectivity index (χ4n) is 4.16. The maximum atomic E-state index is 12.0. The molecule has 43 heavy (non-hydrogen) atoms.